The molecule has 1 aliphatic rings. The first-order valence-electron chi connectivity index (χ1n) is 21.2. The third-order valence-electron chi connectivity index (χ3n) is 12.5. The minimum atomic E-state index is -0.198. The molecule has 0 saturated carbocycles. The van der Waals surface area contributed by atoms with Gasteiger partial charge in [0.1, 0.15) is 0 Å². The molecule has 0 aliphatic heterocycles. The van der Waals surface area contributed by atoms with Crippen molar-refractivity contribution in [1.29, 1.82) is 0 Å². The zero-order valence-corrected chi connectivity index (χ0v) is 36.1. The molecule has 298 valence electrons. The topological polar surface area (TPSA) is 6.48 Å². The van der Waals surface area contributed by atoms with Crippen LogP contribution < -0.4 is 9.80 Å². The van der Waals surface area contributed by atoms with E-state index in [2.05, 4.69) is 246 Å². The summed E-state index contributed by atoms with van der Waals surface area (Å²) >= 11 is 0. The normalized spacial score (nSPS) is 12.4. The van der Waals surface area contributed by atoms with Crippen molar-refractivity contribution >= 4 is 45.3 Å². The molecule has 61 heavy (non-hydrogen) atoms. The Morgan fingerprint density at radius 3 is 0.820 bits per heavy atom. The van der Waals surface area contributed by atoms with Crippen molar-refractivity contribution in [2.75, 3.05) is 9.80 Å². The Bertz CT molecular complexity index is 2600. The standard InChI is InChI=1S/C59H52N2/c1-39-9-23-49(24-10-39)60(50-25-11-40(2)12-26-50)53-31-17-45(18-32-53)43(5)47-21-35-55-56-36-22-48(38-58(56)59(7,8)57(55)37-47)44(6)46-19-33-54(34-20-46)61(51-27-13-41(3)14-28-51)52-29-15-42(4)16-30-52/h9-38H,5-6H2,1-4,7-8H3. The van der Waals surface area contributed by atoms with E-state index in [4.69, 9.17) is 0 Å². The average Bonchev–Trinajstić information content (AvgIpc) is 3.51. The van der Waals surface area contributed by atoms with Crippen molar-refractivity contribution < 1.29 is 0 Å². The molecule has 2 nitrogen and oxygen atoms in total. The first-order chi connectivity index (χ1) is 29.4. The molecule has 9 rings (SSSR count). The second kappa shape index (κ2) is 15.8. The molecule has 0 heterocycles. The van der Waals surface area contributed by atoms with E-state index in [1.807, 2.05) is 0 Å². The molecular formula is C59H52N2. The molecule has 8 aromatic rings. The number of anilines is 6. The van der Waals surface area contributed by atoms with E-state index in [0.29, 0.717) is 0 Å². The van der Waals surface area contributed by atoms with Crippen LogP contribution in [0.4, 0.5) is 34.1 Å². The second-order valence-corrected chi connectivity index (χ2v) is 17.2. The van der Waals surface area contributed by atoms with Gasteiger partial charge in [-0.25, -0.2) is 0 Å². The van der Waals surface area contributed by atoms with Crippen LogP contribution in [0.25, 0.3) is 22.3 Å². The summed E-state index contributed by atoms with van der Waals surface area (Å²) in [7, 11) is 0. The van der Waals surface area contributed by atoms with Crippen LogP contribution in [0, 0.1) is 27.7 Å². The van der Waals surface area contributed by atoms with Crippen molar-refractivity contribution in [2.24, 2.45) is 0 Å². The SMILES string of the molecule is C=C(c1ccc(N(c2ccc(C)cc2)c2ccc(C)cc2)cc1)c1ccc2c(c1)C(C)(C)c1cc(C(=C)c3ccc(N(c4ccc(C)cc4)c4ccc(C)cc4)cc3)ccc1-2. The van der Waals surface area contributed by atoms with Crippen molar-refractivity contribution in [3.63, 3.8) is 0 Å². The number of aryl methyl sites for hydroxylation is 4. The van der Waals surface area contributed by atoms with Gasteiger partial charge in [-0.3, -0.25) is 0 Å². The van der Waals surface area contributed by atoms with Gasteiger partial charge in [-0.1, -0.05) is 146 Å². The molecule has 0 bridgehead atoms. The smallest absolute Gasteiger partial charge is 0.0462 e. The monoisotopic (exact) mass is 788 g/mol. The van der Waals surface area contributed by atoms with E-state index >= 15 is 0 Å². The molecule has 0 radical (unpaired) electrons. The maximum atomic E-state index is 4.63. The Balaban J connectivity index is 0.962. The lowest BCUT2D eigenvalue weighted by molar-refractivity contribution is 0.660. The van der Waals surface area contributed by atoms with Crippen LogP contribution in [0.3, 0.4) is 0 Å². The number of benzene rings is 8. The molecule has 0 spiro atoms. The number of nitrogens with zero attached hydrogens (tertiary/aromatic N) is 2. The Kier molecular flexibility index (Phi) is 10.2. The molecule has 0 atom stereocenters. The van der Waals surface area contributed by atoms with E-state index in [-0.39, 0.29) is 5.41 Å². The van der Waals surface area contributed by atoms with Gasteiger partial charge in [-0.05, 0) is 168 Å². The van der Waals surface area contributed by atoms with Gasteiger partial charge >= 0.3 is 0 Å². The summed E-state index contributed by atoms with van der Waals surface area (Å²) in [5, 5.41) is 0. The summed E-state index contributed by atoms with van der Waals surface area (Å²) in [4.78, 5) is 4.62. The van der Waals surface area contributed by atoms with Gasteiger partial charge in [-0.15, -0.1) is 0 Å². The van der Waals surface area contributed by atoms with Crippen molar-refractivity contribution in [3.8, 4) is 11.1 Å². The highest BCUT2D eigenvalue weighted by Crippen LogP contribution is 2.50. The number of hydrogen-bond donors (Lipinski definition) is 0. The van der Waals surface area contributed by atoms with Crippen molar-refractivity contribution in [3.05, 3.63) is 251 Å². The summed E-state index contributed by atoms with van der Waals surface area (Å²) in [6, 6.07) is 66.3. The molecule has 2 heteroatoms. The highest BCUT2D eigenvalue weighted by atomic mass is 15.1. The van der Waals surface area contributed by atoms with E-state index in [1.54, 1.807) is 0 Å². The Morgan fingerprint density at radius 1 is 0.328 bits per heavy atom. The van der Waals surface area contributed by atoms with Gasteiger partial charge < -0.3 is 9.80 Å². The van der Waals surface area contributed by atoms with Crippen LogP contribution in [0.5, 0.6) is 0 Å². The molecule has 0 saturated heterocycles. The Hall–Kier alpha value is -7.16. The number of rotatable bonds is 10. The van der Waals surface area contributed by atoms with E-state index in [1.165, 1.54) is 44.5 Å². The summed E-state index contributed by atoms with van der Waals surface area (Å²) in [5.74, 6) is 0. The minimum Gasteiger partial charge on any atom is -0.311 e. The molecule has 0 aromatic heterocycles. The summed E-state index contributed by atoms with van der Waals surface area (Å²) in [5.41, 5.74) is 23.2. The fraction of sp³-hybridized carbons (Fsp3) is 0.119. The predicted molar refractivity (Wildman–Crippen MR) is 261 cm³/mol. The highest BCUT2D eigenvalue weighted by molar-refractivity contribution is 5.89. The maximum Gasteiger partial charge on any atom is 0.0462 e. The molecular weight excluding hydrogens is 737 g/mol. The van der Waals surface area contributed by atoms with Gasteiger partial charge in [0.05, 0.1) is 0 Å². The molecule has 1 aliphatic carbocycles. The molecule has 0 unspecified atom stereocenters. The average molecular weight is 789 g/mol. The van der Waals surface area contributed by atoms with Crippen LogP contribution in [-0.2, 0) is 5.41 Å². The Morgan fingerprint density at radius 2 is 0.557 bits per heavy atom. The van der Waals surface area contributed by atoms with Gasteiger partial charge in [0.15, 0.2) is 0 Å². The third kappa shape index (κ3) is 7.51. The first kappa shape index (κ1) is 39.3. The first-order valence-corrected chi connectivity index (χ1v) is 21.2. The van der Waals surface area contributed by atoms with Crippen molar-refractivity contribution in [2.45, 2.75) is 47.0 Å². The third-order valence-corrected chi connectivity index (χ3v) is 12.5. The Labute approximate surface area is 362 Å². The predicted octanol–water partition coefficient (Wildman–Crippen LogP) is 16.3. The van der Waals surface area contributed by atoms with E-state index in [0.717, 1.165) is 67.5 Å². The highest BCUT2D eigenvalue weighted by Gasteiger charge is 2.36. The lowest BCUT2D eigenvalue weighted by Crippen LogP contribution is -2.15. The second-order valence-electron chi connectivity index (χ2n) is 17.2. The van der Waals surface area contributed by atoms with E-state index < -0.39 is 0 Å². The lowest BCUT2D eigenvalue weighted by atomic mass is 9.80. The molecule has 0 N–H and O–H groups in total. The summed E-state index contributed by atoms with van der Waals surface area (Å²) in [6.45, 7) is 22.5. The number of fused-ring (bicyclic) bond motifs is 3. The zero-order chi connectivity index (χ0) is 42.4. The van der Waals surface area contributed by atoms with Crippen LogP contribution >= 0.6 is 0 Å². The van der Waals surface area contributed by atoms with Gasteiger partial charge in [-0.2, -0.15) is 0 Å². The minimum absolute atomic E-state index is 0.198. The molecule has 0 amide bonds. The number of hydrogen-bond acceptors (Lipinski definition) is 2. The van der Waals surface area contributed by atoms with Crippen LogP contribution in [0.1, 0.15) is 69.5 Å². The quantitative estimate of drug-likeness (QED) is 0.136. The zero-order valence-electron chi connectivity index (χ0n) is 36.1. The molecule has 8 aromatic carbocycles. The van der Waals surface area contributed by atoms with E-state index in [9.17, 15) is 0 Å². The fourth-order valence-electron chi connectivity index (χ4n) is 8.74. The molecule has 0 fully saturated rings. The summed E-state index contributed by atoms with van der Waals surface area (Å²) in [6.07, 6.45) is 0. The van der Waals surface area contributed by atoms with Gasteiger partial charge in [0.2, 0.25) is 0 Å². The van der Waals surface area contributed by atoms with Crippen molar-refractivity contribution in [1.82, 2.24) is 0 Å². The van der Waals surface area contributed by atoms with Gasteiger partial charge in [0.25, 0.3) is 0 Å². The van der Waals surface area contributed by atoms with Gasteiger partial charge in [0, 0.05) is 39.5 Å². The van der Waals surface area contributed by atoms with Crippen LogP contribution in [-0.4, -0.2) is 0 Å². The largest absolute Gasteiger partial charge is 0.311 e. The van der Waals surface area contributed by atoms with Crippen LogP contribution in [0.15, 0.2) is 195 Å². The maximum absolute atomic E-state index is 4.63. The fourth-order valence-corrected chi connectivity index (χ4v) is 8.74. The lowest BCUT2D eigenvalue weighted by Gasteiger charge is -2.26. The summed E-state index contributed by atoms with van der Waals surface area (Å²) < 4.78 is 0. The van der Waals surface area contributed by atoms with Crippen LogP contribution in [0.2, 0.25) is 0 Å².